The Morgan fingerprint density at radius 3 is 2.23 bits per heavy atom. The van der Waals surface area contributed by atoms with Crippen LogP contribution in [0.1, 0.15) is 47.5 Å². The molecule has 3 aromatic rings. The maximum Gasteiger partial charge on any atom is 0.255 e. The van der Waals surface area contributed by atoms with Crippen molar-refractivity contribution in [2.24, 2.45) is 0 Å². The third kappa shape index (κ3) is 4.95. The fraction of sp³-hybridized carbons (Fsp3) is 0.367. The van der Waals surface area contributed by atoms with Crippen LogP contribution in [-0.2, 0) is 10.0 Å². The van der Waals surface area contributed by atoms with Crippen molar-refractivity contribution in [1.29, 1.82) is 0 Å². The first-order valence-corrected chi connectivity index (χ1v) is 15.4. The number of carbonyl (C=O) groups is 1. The van der Waals surface area contributed by atoms with Gasteiger partial charge in [0.05, 0.1) is 21.2 Å². The van der Waals surface area contributed by atoms with Gasteiger partial charge in [0.1, 0.15) is 11.6 Å². The van der Waals surface area contributed by atoms with Gasteiger partial charge in [-0.1, -0.05) is 41.9 Å². The predicted octanol–water partition coefficient (Wildman–Crippen LogP) is 5.25. The van der Waals surface area contributed by atoms with E-state index in [-0.39, 0.29) is 39.2 Å². The number of rotatable bonds is 5. The molecule has 2 unspecified atom stereocenters. The van der Waals surface area contributed by atoms with Gasteiger partial charge in [-0.05, 0) is 73.6 Å². The predicted molar refractivity (Wildman–Crippen MR) is 152 cm³/mol. The summed E-state index contributed by atoms with van der Waals surface area (Å²) in [4.78, 5) is 17.1. The van der Waals surface area contributed by atoms with Crippen LogP contribution in [0.3, 0.4) is 0 Å². The molecule has 3 aromatic carbocycles. The van der Waals surface area contributed by atoms with Crippen molar-refractivity contribution in [3.8, 4) is 5.75 Å². The Bertz CT molecular complexity index is 1520. The summed E-state index contributed by atoms with van der Waals surface area (Å²) in [6, 6.07) is 18.3. The molecule has 0 saturated carbocycles. The van der Waals surface area contributed by atoms with E-state index in [1.54, 1.807) is 15.3 Å². The van der Waals surface area contributed by atoms with Crippen LogP contribution < -0.4 is 4.90 Å². The van der Waals surface area contributed by atoms with Gasteiger partial charge in [-0.2, -0.15) is 4.31 Å². The smallest absolute Gasteiger partial charge is 0.255 e. The molecule has 3 saturated heterocycles. The molecule has 2 bridgehead atoms. The van der Waals surface area contributed by atoms with Crippen LogP contribution in [0.4, 0.5) is 10.1 Å². The molecule has 6 rings (SSSR count). The lowest BCUT2D eigenvalue weighted by Gasteiger charge is -2.43. The maximum atomic E-state index is 13.6. The summed E-state index contributed by atoms with van der Waals surface area (Å²) in [5.41, 5.74) is 1.96. The fourth-order valence-corrected chi connectivity index (χ4v) is 8.21. The standard InChI is InChI=1S/C30H31ClFN3O4S/c31-27-16-22(32)6-10-26(27)30(37)33-18-23-7-8-24(19-33)35(23)28-17-25(9-11-29(28)36)40(38,39)34-14-12-21(13-15-34)20-4-2-1-3-5-20/h1-6,9-11,16-17,21,23-24,36H,7-8,12-15,18-19H2. The van der Waals surface area contributed by atoms with E-state index in [0.29, 0.717) is 37.8 Å². The minimum Gasteiger partial charge on any atom is -0.506 e. The topological polar surface area (TPSA) is 81.2 Å². The van der Waals surface area contributed by atoms with E-state index >= 15 is 0 Å². The number of nitrogens with zero attached hydrogens (tertiary/aromatic N) is 3. The number of likely N-dealkylation sites (tertiary alicyclic amines) is 1. The number of sulfonamides is 1. The van der Waals surface area contributed by atoms with E-state index in [0.717, 1.165) is 31.7 Å². The van der Waals surface area contributed by atoms with Crippen molar-refractivity contribution in [1.82, 2.24) is 9.21 Å². The number of aromatic hydroxyl groups is 1. The fourth-order valence-electron chi connectivity index (χ4n) is 6.47. The van der Waals surface area contributed by atoms with Gasteiger partial charge in [-0.15, -0.1) is 0 Å². The summed E-state index contributed by atoms with van der Waals surface area (Å²) in [6.07, 6.45) is 3.11. The lowest BCUT2D eigenvalue weighted by molar-refractivity contribution is 0.0718. The molecule has 3 fully saturated rings. The lowest BCUT2D eigenvalue weighted by atomic mass is 9.90. The van der Waals surface area contributed by atoms with Crippen molar-refractivity contribution in [3.63, 3.8) is 0 Å². The number of hydrogen-bond donors (Lipinski definition) is 1. The highest BCUT2D eigenvalue weighted by Crippen LogP contribution is 2.41. The van der Waals surface area contributed by atoms with Crippen LogP contribution in [-0.4, -0.2) is 66.9 Å². The van der Waals surface area contributed by atoms with Crippen LogP contribution in [0, 0.1) is 5.82 Å². The van der Waals surface area contributed by atoms with E-state index in [1.165, 1.54) is 29.8 Å². The zero-order valence-corrected chi connectivity index (χ0v) is 23.5. The Morgan fingerprint density at radius 2 is 1.57 bits per heavy atom. The van der Waals surface area contributed by atoms with Crippen molar-refractivity contribution < 1.29 is 22.7 Å². The maximum absolute atomic E-state index is 13.6. The molecule has 2 atom stereocenters. The average molecular weight is 584 g/mol. The van der Waals surface area contributed by atoms with E-state index in [1.807, 2.05) is 18.2 Å². The highest BCUT2D eigenvalue weighted by molar-refractivity contribution is 7.89. The first-order valence-electron chi connectivity index (χ1n) is 13.6. The van der Waals surface area contributed by atoms with Gasteiger partial charge >= 0.3 is 0 Å². The summed E-state index contributed by atoms with van der Waals surface area (Å²) in [5, 5.41) is 10.9. The number of carbonyl (C=O) groups excluding carboxylic acids is 1. The van der Waals surface area contributed by atoms with Crippen LogP contribution >= 0.6 is 11.6 Å². The first-order chi connectivity index (χ1) is 19.2. The number of halogens is 2. The normalized spacial score (nSPS) is 22.1. The van der Waals surface area contributed by atoms with E-state index in [4.69, 9.17) is 11.6 Å². The Morgan fingerprint density at radius 1 is 0.900 bits per heavy atom. The highest BCUT2D eigenvalue weighted by Gasteiger charge is 2.43. The number of phenolic OH excluding ortho intramolecular Hbond substituents is 1. The molecule has 0 spiro atoms. The summed E-state index contributed by atoms with van der Waals surface area (Å²) >= 11 is 6.15. The lowest BCUT2D eigenvalue weighted by Crippen LogP contribution is -2.55. The van der Waals surface area contributed by atoms with Crippen molar-refractivity contribution in [2.75, 3.05) is 31.1 Å². The molecule has 10 heteroatoms. The summed E-state index contributed by atoms with van der Waals surface area (Å²) in [6.45, 7) is 1.67. The Kier molecular flexibility index (Phi) is 7.23. The molecule has 3 heterocycles. The Balaban J connectivity index is 1.19. The quantitative estimate of drug-likeness (QED) is 0.444. The number of fused-ring (bicyclic) bond motifs is 2. The minimum atomic E-state index is -3.74. The Hall–Kier alpha value is -3.14. The van der Waals surface area contributed by atoms with Gasteiger partial charge < -0.3 is 14.9 Å². The molecule has 40 heavy (non-hydrogen) atoms. The third-order valence-electron chi connectivity index (χ3n) is 8.52. The molecule has 3 aliphatic rings. The number of phenols is 1. The van der Waals surface area contributed by atoms with Crippen molar-refractivity contribution in [2.45, 2.75) is 48.6 Å². The minimum absolute atomic E-state index is 0.0139. The van der Waals surface area contributed by atoms with Gasteiger partial charge in [0.2, 0.25) is 10.0 Å². The first kappa shape index (κ1) is 27.1. The molecule has 1 amide bonds. The number of hydrogen-bond acceptors (Lipinski definition) is 5. The molecule has 1 N–H and O–H groups in total. The molecule has 0 aliphatic carbocycles. The molecule has 7 nitrogen and oxygen atoms in total. The summed E-state index contributed by atoms with van der Waals surface area (Å²) in [5.74, 6) is -0.416. The third-order valence-corrected chi connectivity index (χ3v) is 10.7. The number of anilines is 1. The number of piperidine rings is 1. The number of amides is 1. The number of piperazine rings is 1. The summed E-state index contributed by atoms with van der Waals surface area (Å²) in [7, 11) is -3.74. The molecule has 3 aliphatic heterocycles. The molecule has 0 radical (unpaired) electrons. The molecular weight excluding hydrogens is 553 g/mol. The van der Waals surface area contributed by atoms with Gasteiger partial charge in [0, 0.05) is 38.3 Å². The average Bonchev–Trinajstić information content (AvgIpc) is 3.21. The van der Waals surface area contributed by atoms with E-state index in [2.05, 4.69) is 17.0 Å². The zero-order valence-electron chi connectivity index (χ0n) is 21.9. The molecule has 210 valence electrons. The van der Waals surface area contributed by atoms with Gasteiger partial charge in [-0.25, -0.2) is 12.8 Å². The number of benzene rings is 3. The van der Waals surface area contributed by atoms with E-state index in [9.17, 15) is 22.7 Å². The van der Waals surface area contributed by atoms with Gasteiger partial charge in [-0.3, -0.25) is 4.79 Å². The monoisotopic (exact) mass is 583 g/mol. The van der Waals surface area contributed by atoms with Gasteiger partial charge in [0.25, 0.3) is 5.91 Å². The second-order valence-corrected chi connectivity index (χ2v) is 13.2. The van der Waals surface area contributed by atoms with Crippen LogP contribution in [0.25, 0.3) is 0 Å². The van der Waals surface area contributed by atoms with E-state index < -0.39 is 15.8 Å². The molecular formula is C30H31ClFN3O4S. The second-order valence-electron chi connectivity index (χ2n) is 10.9. The highest BCUT2D eigenvalue weighted by atomic mass is 35.5. The van der Waals surface area contributed by atoms with Crippen molar-refractivity contribution in [3.05, 3.63) is 88.7 Å². The Labute approximate surface area is 238 Å². The molecule has 0 aromatic heterocycles. The second kappa shape index (κ2) is 10.7. The summed E-state index contributed by atoms with van der Waals surface area (Å²) < 4.78 is 42.3. The van der Waals surface area contributed by atoms with Crippen LogP contribution in [0.5, 0.6) is 5.75 Å². The zero-order chi connectivity index (χ0) is 28.0. The largest absolute Gasteiger partial charge is 0.506 e. The van der Waals surface area contributed by atoms with Crippen molar-refractivity contribution >= 4 is 33.2 Å². The van der Waals surface area contributed by atoms with Crippen LogP contribution in [0.15, 0.2) is 71.6 Å². The SMILES string of the molecule is O=C(c1ccc(F)cc1Cl)N1CC2CCC(C1)N2c1cc(S(=O)(=O)N2CCC(c3ccccc3)CC2)ccc1O. The van der Waals surface area contributed by atoms with Gasteiger partial charge in [0.15, 0.2) is 0 Å². The van der Waals surface area contributed by atoms with Crippen LogP contribution in [0.2, 0.25) is 5.02 Å².